The van der Waals surface area contributed by atoms with Crippen LogP contribution in [0.4, 0.5) is 0 Å². The van der Waals surface area contributed by atoms with E-state index in [1.54, 1.807) is 13.0 Å². The molecule has 1 aromatic rings. The lowest BCUT2D eigenvalue weighted by Crippen LogP contribution is -2.07. The van der Waals surface area contributed by atoms with Crippen molar-refractivity contribution in [3.05, 3.63) is 29.8 Å². The van der Waals surface area contributed by atoms with Gasteiger partial charge in [-0.05, 0) is 30.7 Å². The highest BCUT2D eigenvalue weighted by Gasteiger charge is 2.10. The smallest absolute Gasteiger partial charge is 0.330 e. The fourth-order valence-corrected chi connectivity index (χ4v) is 1.46. The summed E-state index contributed by atoms with van der Waals surface area (Å²) in [5.41, 5.74) is 0.593. The Balaban J connectivity index is 3.00. The van der Waals surface area contributed by atoms with Crippen molar-refractivity contribution < 1.29 is 28.6 Å². The van der Waals surface area contributed by atoms with Crippen LogP contribution in [0.3, 0.4) is 0 Å². The average Bonchev–Trinajstić information content (AvgIpc) is 2.38. The lowest BCUT2D eigenvalue weighted by atomic mass is 10.2. The number of carbonyl (C=O) groups excluding carboxylic acids is 3. The summed E-state index contributed by atoms with van der Waals surface area (Å²) in [6.07, 6.45) is 2.75. The first kappa shape index (κ1) is 16.4. The van der Waals surface area contributed by atoms with Gasteiger partial charge in [0, 0.05) is 19.9 Å². The van der Waals surface area contributed by atoms with Gasteiger partial charge in [0.2, 0.25) is 0 Å². The number of rotatable bonds is 5. The van der Waals surface area contributed by atoms with Crippen LogP contribution >= 0.6 is 0 Å². The van der Waals surface area contributed by atoms with Crippen molar-refractivity contribution in [2.75, 3.05) is 6.61 Å². The van der Waals surface area contributed by atoms with Gasteiger partial charge in [-0.1, -0.05) is 6.07 Å². The van der Waals surface area contributed by atoms with E-state index in [2.05, 4.69) is 0 Å². The predicted octanol–water partition coefficient (Wildman–Crippen LogP) is 2.11. The molecule has 0 atom stereocenters. The number of hydrogen-bond acceptors (Lipinski definition) is 6. The van der Waals surface area contributed by atoms with Crippen LogP contribution in [-0.4, -0.2) is 24.5 Å². The molecule has 0 saturated heterocycles. The number of benzene rings is 1. The SMILES string of the molecule is CCOC(=O)/C=C/c1ccc(OC(C)=O)c(OC(C)=O)c1. The Morgan fingerprint density at radius 3 is 2.24 bits per heavy atom. The van der Waals surface area contributed by atoms with Gasteiger partial charge in [0.1, 0.15) is 0 Å². The Hall–Kier alpha value is -2.63. The molecule has 0 aromatic heterocycles. The van der Waals surface area contributed by atoms with Crippen LogP contribution < -0.4 is 9.47 Å². The van der Waals surface area contributed by atoms with Gasteiger partial charge in [-0.2, -0.15) is 0 Å². The minimum atomic E-state index is -0.546. The van der Waals surface area contributed by atoms with Crippen LogP contribution in [0, 0.1) is 0 Å². The summed E-state index contributed by atoms with van der Waals surface area (Å²) >= 11 is 0. The summed E-state index contributed by atoms with van der Waals surface area (Å²) in [7, 11) is 0. The highest BCUT2D eigenvalue weighted by atomic mass is 16.6. The first-order chi connectivity index (χ1) is 9.92. The summed E-state index contributed by atoms with van der Waals surface area (Å²) in [6.45, 7) is 4.47. The van der Waals surface area contributed by atoms with Crippen LogP contribution in [0.15, 0.2) is 24.3 Å². The van der Waals surface area contributed by atoms with E-state index in [9.17, 15) is 14.4 Å². The molecule has 0 bridgehead atoms. The van der Waals surface area contributed by atoms with Gasteiger partial charge in [-0.15, -0.1) is 0 Å². The molecule has 0 N–H and O–H groups in total. The summed E-state index contributed by atoms with van der Waals surface area (Å²) in [5, 5.41) is 0. The zero-order valence-electron chi connectivity index (χ0n) is 12.0. The summed E-state index contributed by atoms with van der Waals surface area (Å²) in [5.74, 6) is -1.32. The highest BCUT2D eigenvalue weighted by molar-refractivity contribution is 5.87. The van der Waals surface area contributed by atoms with Gasteiger partial charge in [0.25, 0.3) is 0 Å². The Morgan fingerprint density at radius 2 is 1.67 bits per heavy atom. The second-order valence-corrected chi connectivity index (χ2v) is 3.98. The molecule has 6 heteroatoms. The van der Waals surface area contributed by atoms with E-state index in [0.717, 1.165) is 0 Å². The third kappa shape index (κ3) is 5.90. The zero-order valence-corrected chi connectivity index (χ0v) is 12.0. The minimum absolute atomic E-state index is 0.101. The molecule has 0 spiro atoms. The van der Waals surface area contributed by atoms with Crippen molar-refractivity contribution >= 4 is 24.0 Å². The molecule has 112 valence electrons. The monoisotopic (exact) mass is 292 g/mol. The van der Waals surface area contributed by atoms with Crippen molar-refractivity contribution in [3.8, 4) is 11.5 Å². The van der Waals surface area contributed by atoms with Crippen molar-refractivity contribution in [2.45, 2.75) is 20.8 Å². The third-order valence-electron chi connectivity index (χ3n) is 2.17. The molecule has 1 aromatic carbocycles. The van der Waals surface area contributed by atoms with Crippen LogP contribution in [0.5, 0.6) is 11.5 Å². The number of hydrogen-bond donors (Lipinski definition) is 0. The fraction of sp³-hybridized carbons (Fsp3) is 0.267. The topological polar surface area (TPSA) is 78.9 Å². The molecule has 0 aliphatic carbocycles. The fourth-order valence-electron chi connectivity index (χ4n) is 1.46. The standard InChI is InChI=1S/C15H16O6/c1-4-19-15(18)8-6-12-5-7-13(20-10(2)16)14(9-12)21-11(3)17/h5-9H,4H2,1-3H3/b8-6+. The third-order valence-corrected chi connectivity index (χ3v) is 2.17. The molecule has 6 nitrogen and oxygen atoms in total. The molecule has 0 fully saturated rings. The van der Waals surface area contributed by atoms with Crippen LogP contribution in [-0.2, 0) is 19.1 Å². The van der Waals surface area contributed by atoms with E-state index in [1.807, 2.05) is 0 Å². The van der Waals surface area contributed by atoms with Gasteiger partial charge < -0.3 is 14.2 Å². The Morgan fingerprint density at radius 1 is 1.05 bits per heavy atom. The minimum Gasteiger partial charge on any atom is -0.463 e. The Bertz CT molecular complexity index is 574. The number of carbonyl (C=O) groups is 3. The Kier molecular flexibility index (Phi) is 6.13. The first-order valence-corrected chi connectivity index (χ1v) is 6.28. The summed E-state index contributed by atoms with van der Waals surface area (Å²) < 4.78 is 14.7. The van der Waals surface area contributed by atoms with E-state index in [1.165, 1.54) is 38.1 Å². The largest absolute Gasteiger partial charge is 0.463 e. The molecular formula is C15H16O6. The van der Waals surface area contributed by atoms with Gasteiger partial charge in [0.05, 0.1) is 6.61 Å². The molecule has 0 saturated carbocycles. The molecule has 21 heavy (non-hydrogen) atoms. The van der Waals surface area contributed by atoms with Crippen molar-refractivity contribution in [1.29, 1.82) is 0 Å². The second-order valence-electron chi connectivity index (χ2n) is 3.98. The van der Waals surface area contributed by atoms with Crippen molar-refractivity contribution in [1.82, 2.24) is 0 Å². The molecular weight excluding hydrogens is 276 g/mol. The highest BCUT2D eigenvalue weighted by Crippen LogP contribution is 2.29. The van der Waals surface area contributed by atoms with Crippen LogP contribution in [0.25, 0.3) is 6.08 Å². The van der Waals surface area contributed by atoms with E-state index in [-0.39, 0.29) is 18.1 Å². The zero-order chi connectivity index (χ0) is 15.8. The van der Waals surface area contributed by atoms with Crippen molar-refractivity contribution in [3.63, 3.8) is 0 Å². The molecule has 0 aliphatic heterocycles. The quantitative estimate of drug-likeness (QED) is 0.470. The molecule has 0 heterocycles. The lowest BCUT2D eigenvalue weighted by Gasteiger charge is -2.09. The predicted molar refractivity (Wildman–Crippen MR) is 74.7 cm³/mol. The summed E-state index contributed by atoms with van der Waals surface area (Å²) in [4.78, 5) is 33.3. The maximum absolute atomic E-state index is 11.2. The molecule has 0 radical (unpaired) electrons. The maximum Gasteiger partial charge on any atom is 0.330 e. The van der Waals surface area contributed by atoms with Gasteiger partial charge >= 0.3 is 17.9 Å². The van der Waals surface area contributed by atoms with E-state index in [0.29, 0.717) is 5.56 Å². The molecule has 0 unspecified atom stereocenters. The average molecular weight is 292 g/mol. The maximum atomic E-state index is 11.2. The number of ether oxygens (including phenoxy) is 3. The van der Waals surface area contributed by atoms with Gasteiger partial charge in [-0.25, -0.2) is 4.79 Å². The van der Waals surface area contributed by atoms with E-state index < -0.39 is 17.9 Å². The van der Waals surface area contributed by atoms with Crippen LogP contribution in [0.2, 0.25) is 0 Å². The Labute approximate surface area is 122 Å². The van der Waals surface area contributed by atoms with Crippen molar-refractivity contribution in [2.24, 2.45) is 0 Å². The van der Waals surface area contributed by atoms with Gasteiger partial charge in [0.15, 0.2) is 11.5 Å². The second kappa shape index (κ2) is 7.84. The molecule has 0 amide bonds. The van der Waals surface area contributed by atoms with Crippen LogP contribution in [0.1, 0.15) is 26.3 Å². The van der Waals surface area contributed by atoms with Gasteiger partial charge in [-0.3, -0.25) is 9.59 Å². The lowest BCUT2D eigenvalue weighted by molar-refractivity contribution is -0.137. The first-order valence-electron chi connectivity index (χ1n) is 6.28. The number of esters is 3. The molecule has 0 aliphatic rings. The summed E-state index contributed by atoms with van der Waals surface area (Å²) in [6, 6.07) is 4.57. The molecule has 1 rings (SSSR count). The van der Waals surface area contributed by atoms with E-state index >= 15 is 0 Å². The normalized spacial score (nSPS) is 10.2. The van der Waals surface area contributed by atoms with E-state index in [4.69, 9.17) is 14.2 Å².